The van der Waals surface area contributed by atoms with Crippen LogP contribution in [0.2, 0.25) is 0 Å². The maximum absolute atomic E-state index is 12.9. The second-order valence-corrected chi connectivity index (χ2v) is 18.8. The Morgan fingerprint density at radius 1 is 0.562 bits per heavy atom. The minimum absolute atomic E-state index is 0.0167. The quantitative estimate of drug-likeness (QED) is 0.0273. The van der Waals surface area contributed by atoms with E-state index in [-0.39, 0.29) is 12.5 Å². The fourth-order valence-electron chi connectivity index (χ4n) is 6.24. The highest BCUT2D eigenvalue weighted by Crippen LogP contribution is 2.38. The molecule has 0 radical (unpaired) electrons. The molecule has 0 heterocycles. The molecule has 0 bridgehead atoms. The number of carbonyl (C=O) groups excluding carboxylic acids is 1. The van der Waals surface area contributed by atoms with E-state index in [0.717, 1.165) is 116 Å². The van der Waals surface area contributed by atoms with Gasteiger partial charge in [-0.2, -0.15) is 0 Å². The van der Waals surface area contributed by atoms with Crippen LogP contribution >= 0.6 is 7.82 Å². The van der Waals surface area contributed by atoms with Crippen LogP contribution in [-0.4, -0.2) is 68.5 Å². The summed E-state index contributed by atoms with van der Waals surface area (Å²) in [6.45, 7) is 4.44. The van der Waals surface area contributed by atoms with E-state index in [2.05, 4.69) is 129 Å². The molecule has 0 aliphatic heterocycles. The maximum Gasteiger partial charge on any atom is 0.268 e. The lowest BCUT2D eigenvalue weighted by atomic mass is 10.1. The van der Waals surface area contributed by atoms with Crippen LogP contribution in [0.25, 0.3) is 0 Å². The third kappa shape index (κ3) is 46.9. The summed E-state index contributed by atoms with van der Waals surface area (Å²) in [5, 5.41) is 13.7. The van der Waals surface area contributed by atoms with Crippen molar-refractivity contribution in [2.24, 2.45) is 0 Å². The first-order valence-electron chi connectivity index (χ1n) is 24.9. The largest absolute Gasteiger partial charge is 0.756 e. The lowest BCUT2D eigenvalue weighted by Crippen LogP contribution is -2.45. The number of quaternary nitrogens is 1. The number of aliphatic hydroxyl groups is 1. The van der Waals surface area contributed by atoms with Crippen molar-refractivity contribution in [2.45, 2.75) is 180 Å². The molecule has 0 aliphatic carbocycles. The summed E-state index contributed by atoms with van der Waals surface area (Å²) in [6, 6.07) is -0.919. The molecule has 64 heavy (non-hydrogen) atoms. The number of allylic oxidation sites excluding steroid dienone is 19. The van der Waals surface area contributed by atoms with Gasteiger partial charge in [-0.1, -0.05) is 187 Å². The lowest BCUT2D eigenvalue weighted by Gasteiger charge is -2.29. The van der Waals surface area contributed by atoms with Crippen molar-refractivity contribution in [1.82, 2.24) is 5.32 Å². The number of rotatable bonds is 43. The average Bonchev–Trinajstić information content (AvgIpc) is 3.25. The SMILES string of the molecule is CC/C=C\C/C=C\C/C=C\C/C=C\C/C=C\C/C=C\C/C=C\C/C=C\CCCCCCCCC(=O)NC(COP(=O)([O-])OCC[N+](C)(C)C)C(O)/C=C/CC/C=C/CCCCCCC. The molecule has 2 N–H and O–H groups in total. The van der Waals surface area contributed by atoms with Crippen molar-refractivity contribution in [2.75, 3.05) is 40.9 Å². The van der Waals surface area contributed by atoms with Crippen molar-refractivity contribution >= 4 is 13.7 Å². The van der Waals surface area contributed by atoms with Crippen LogP contribution in [0.5, 0.6) is 0 Å². The minimum Gasteiger partial charge on any atom is -0.756 e. The predicted molar refractivity (Wildman–Crippen MR) is 274 cm³/mol. The molecule has 9 heteroatoms. The van der Waals surface area contributed by atoms with Crippen LogP contribution in [-0.2, 0) is 18.4 Å². The summed E-state index contributed by atoms with van der Waals surface area (Å²) in [6.07, 6.45) is 66.9. The molecular formula is C55H93N2O6P. The van der Waals surface area contributed by atoms with Crippen molar-refractivity contribution in [3.05, 3.63) is 122 Å². The van der Waals surface area contributed by atoms with E-state index in [1.165, 1.54) is 32.1 Å². The highest BCUT2D eigenvalue weighted by atomic mass is 31.2. The third-order valence-electron chi connectivity index (χ3n) is 10.2. The van der Waals surface area contributed by atoms with Gasteiger partial charge in [0.1, 0.15) is 13.2 Å². The van der Waals surface area contributed by atoms with Gasteiger partial charge in [0.2, 0.25) is 5.91 Å². The number of phosphoric ester groups is 1. The zero-order chi connectivity index (χ0) is 47.1. The zero-order valence-electron chi connectivity index (χ0n) is 41.2. The number of aliphatic hydroxyl groups excluding tert-OH is 1. The van der Waals surface area contributed by atoms with Gasteiger partial charge in [0.25, 0.3) is 7.82 Å². The summed E-state index contributed by atoms with van der Waals surface area (Å²) in [4.78, 5) is 25.3. The van der Waals surface area contributed by atoms with Gasteiger partial charge in [-0.3, -0.25) is 9.36 Å². The highest BCUT2D eigenvalue weighted by molar-refractivity contribution is 7.45. The van der Waals surface area contributed by atoms with Gasteiger partial charge in [-0.15, -0.1) is 0 Å². The van der Waals surface area contributed by atoms with Crippen molar-refractivity contribution in [3.8, 4) is 0 Å². The van der Waals surface area contributed by atoms with Crippen LogP contribution in [0.4, 0.5) is 0 Å². The maximum atomic E-state index is 12.9. The number of likely N-dealkylation sites (N-methyl/N-ethyl adjacent to an activating group) is 1. The highest BCUT2D eigenvalue weighted by Gasteiger charge is 2.23. The van der Waals surface area contributed by atoms with E-state index in [9.17, 15) is 19.4 Å². The first-order valence-corrected chi connectivity index (χ1v) is 26.4. The normalized spacial score (nSPS) is 15.2. The van der Waals surface area contributed by atoms with Gasteiger partial charge < -0.3 is 28.8 Å². The van der Waals surface area contributed by atoms with Crippen LogP contribution < -0.4 is 10.2 Å². The molecule has 0 aromatic carbocycles. The van der Waals surface area contributed by atoms with Gasteiger partial charge in [-0.25, -0.2) is 0 Å². The zero-order valence-corrected chi connectivity index (χ0v) is 42.1. The second-order valence-electron chi connectivity index (χ2n) is 17.4. The smallest absolute Gasteiger partial charge is 0.268 e. The van der Waals surface area contributed by atoms with E-state index in [1.807, 2.05) is 27.2 Å². The number of unbranched alkanes of at least 4 members (excludes halogenated alkanes) is 12. The minimum atomic E-state index is -4.61. The average molecular weight is 909 g/mol. The van der Waals surface area contributed by atoms with E-state index >= 15 is 0 Å². The summed E-state index contributed by atoms with van der Waals surface area (Å²) in [7, 11) is 1.21. The number of nitrogens with zero attached hydrogens (tertiary/aromatic N) is 1. The number of nitrogens with one attached hydrogen (secondary N) is 1. The molecule has 3 atom stereocenters. The Morgan fingerprint density at radius 2 is 0.969 bits per heavy atom. The molecular weight excluding hydrogens is 816 g/mol. The Balaban J connectivity index is 4.28. The fraction of sp³-hybridized carbons (Fsp3) is 0.618. The summed E-state index contributed by atoms with van der Waals surface area (Å²) < 4.78 is 23.2. The van der Waals surface area contributed by atoms with Crippen molar-refractivity contribution in [1.29, 1.82) is 0 Å². The number of hydrogen-bond acceptors (Lipinski definition) is 6. The monoisotopic (exact) mass is 909 g/mol. The van der Waals surface area contributed by atoms with E-state index in [1.54, 1.807) is 6.08 Å². The molecule has 364 valence electrons. The van der Waals surface area contributed by atoms with Crippen LogP contribution in [0.1, 0.15) is 168 Å². The lowest BCUT2D eigenvalue weighted by molar-refractivity contribution is -0.870. The Kier molecular flexibility index (Phi) is 42.9. The molecule has 8 nitrogen and oxygen atoms in total. The second kappa shape index (κ2) is 45.1. The van der Waals surface area contributed by atoms with E-state index < -0.39 is 26.6 Å². The Hall–Kier alpha value is -3.10. The third-order valence-corrected chi connectivity index (χ3v) is 11.1. The molecule has 0 aromatic rings. The Labute approximate surface area is 393 Å². The summed E-state index contributed by atoms with van der Waals surface area (Å²) in [5.74, 6) is -0.230. The molecule has 0 aromatic heterocycles. The number of carbonyl (C=O) groups is 1. The Bertz CT molecular complexity index is 1450. The van der Waals surface area contributed by atoms with Gasteiger partial charge in [0.15, 0.2) is 0 Å². The van der Waals surface area contributed by atoms with Crippen molar-refractivity contribution < 1.29 is 32.9 Å². The van der Waals surface area contributed by atoms with Crippen molar-refractivity contribution in [3.63, 3.8) is 0 Å². The van der Waals surface area contributed by atoms with Gasteiger partial charge in [0, 0.05) is 6.42 Å². The Morgan fingerprint density at radius 3 is 1.45 bits per heavy atom. The van der Waals surface area contributed by atoms with E-state index in [0.29, 0.717) is 17.4 Å². The van der Waals surface area contributed by atoms with Gasteiger partial charge in [0.05, 0.1) is 39.9 Å². The molecule has 0 rings (SSSR count). The summed E-state index contributed by atoms with van der Waals surface area (Å²) >= 11 is 0. The predicted octanol–water partition coefficient (Wildman–Crippen LogP) is 14.0. The number of hydrogen-bond donors (Lipinski definition) is 2. The summed E-state index contributed by atoms with van der Waals surface area (Å²) in [5.41, 5.74) is 0. The van der Waals surface area contributed by atoms with Gasteiger partial charge in [-0.05, 0) is 96.3 Å². The number of phosphoric acid groups is 1. The number of amides is 1. The van der Waals surface area contributed by atoms with Crippen LogP contribution in [0, 0.1) is 0 Å². The molecule has 0 saturated carbocycles. The molecule has 0 saturated heterocycles. The first-order chi connectivity index (χ1) is 31.0. The molecule has 0 spiro atoms. The topological polar surface area (TPSA) is 108 Å². The van der Waals surface area contributed by atoms with Crippen LogP contribution in [0.15, 0.2) is 122 Å². The van der Waals surface area contributed by atoms with Crippen LogP contribution in [0.3, 0.4) is 0 Å². The molecule has 0 aliphatic rings. The molecule has 3 unspecified atom stereocenters. The van der Waals surface area contributed by atoms with E-state index in [4.69, 9.17) is 9.05 Å². The first kappa shape index (κ1) is 60.9. The molecule has 1 amide bonds. The standard InChI is InChI=1S/C55H93N2O6P/c1-6-8-10-12-14-16-18-19-20-21-22-23-24-25-26-27-28-29-30-31-32-33-34-35-36-37-39-41-43-45-47-49-55(59)56-53(52-63-64(60,61)62-51-50-57(3,4)5)54(58)48-46-44-42-40-38-17-15-13-11-9-7-2/h8,10,14,16,19-20,22-23,25-26,28-29,31-32,34-35,38,40,46,48,53-54,58H,6-7,9,11-13,15,17-18,21,24,27,30,33,36-37,39,41-45,47,49-52H2,1-5H3,(H-,56,59,60,61)/b10-8-,16-14-,20-19-,23-22-,26-25-,29-28-,32-31-,35-34-,40-38+,48-46+. The fourth-order valence-corrected chi connectivity index (χ4v) is 6.96. The van der Waals surface area contributed by atoms with Gasteiger partial charge >= 0.3 is 0 Å². The molecule has 0 fully saturated rings.